The molecule has 1 N–H and O–H groups in total. The number of nitrogens with one attached hydrogen (secondary N) is 1. The van der Waals surface area contributed by atoms with Crippen LogP contribution in [-0.4, -0.2) is 20.6 Å². The van der Waals surface area contributed by atoms with Gasteiger partial charge in [-0.15, -0.1) is 0 Å². The molecule has 0 aliphatic rings. The zero-order chi connectivity index (χ0) is 18.0. The SMILES string of the molecule is Cc1c(Cl)c([N+](=O)[O-])nn1Cc1ccc(C(=O)Nc2ccccc2)o1. The summed E-state index contributed by atoms with van der Waals surface area (Å²) in [7, 11) is 0. The van der Waals surface area contributed by atoms with E-state index in [1.165, 1.54) is 10.7 Å². The molecule has 1 amide bonds. The number of rotatable bonds is 5. The number of carbonyl (C=O) groups is 1. The van der Waals surface area contributed by atoms with Crippen molar-refractivity contribution in [1.29, 1.82) is 0 Å². The number of hydrogen-bond acceptors (Lipinski definition) is 5. The second kappa shape index (κ2) is 6.78. The highest BCUT2D eigenvalue weighted by Crippen LogP contribution is 2.27. The maximum Gasteiger partial charge on any atom is 0.408 e. The van der Waals surface area contributed by atoms with Gasteiger partial charge in [0.15, 0.2) is 10.8 Å². The summed E-state index contributed by atoms with van der Waals surface area (Å²) in [5.41, 5.74) is 1.09. The Morgan fingerprint density at radius 2 is 2.04 bits per heavy atom. The van der Waals surface area contributed by atoms with E-state index >= 15 is 0 Å². The van der Waals surface area contributed by atoms with Crippen molar-refractivity contribution in [2.45, 2.75) is 13.5 Å². The van der Waals surface area contributed by atoms with Crippen LogP contribution in [0.5, 0.6) is 0 Å². The third kappa shape index (κ3) is 3.53. The minimum absolute atomic E-state index is 0.0152. The number of anilines is 1. The fraction of sp³-hybridized carbons (Fsp3) is 0.125. The highest BCUT2D eigenvalue weighted by Gasteiger charge is 2.24. The highest BCUT2D eigenvalue weighted by molar-refractivity contribution is 6.33. The molecule has 0 aliphatic carbocycles. The zero-order valence-electron chi connectivity index (χ0n) is 13.1. The Morgan fingerprint density at radius 1 is 1.32 bits per heavy atom. The van der Waals surface area contributed by atoms with E-state index in [0.717, 1.165) is 0 Å². The molecule has 9 heteroatoms. The van der Waals surface area contributed by atoms with E-state index in [9.17, 15) is 14.9 Å². The summed E-state index contributed by atoms with van der Waals surface area (Å²) in [5, 5.41) is 17.4. The normalized spacial score (nSPS) is 10.6. The van der Waals surface area contributed by atoms with Crippen LogP contribution in [0.4, 0.5) is 11.5 Å². The summed E-state index contributed by atoms with van der Waals surface area (Å²) in [4.78, 5) is 22.4. The first-order valence-corrected chi connectivity index (χ1v) is 7.66. The van der Waals surface area contributed by atoms with Crippen LogP contribution < -0.4 is 5.32 Å². The lowest BCUT2D eigenvalue weighted by molar-refractivity contribution is -0.389. The number of para-hydroxylation sites is 1. The molecule has 0 saturated carbocycles. The fourth-order valence-electron chi connectivity index (χ4n) is 2.23. The molecule has 0 spiro atoms. The van der Waals surface area contributed by atoms with Crippen LogP contribution in [0, 0.1) is 17.0 Å². The second-order valence-corrected chi connectivity index (χ2v) is 5.60. The number of carbonyl (C=O) groups excluding carboxylic acids is 1. The molecule has 0 aliphatic heterocycles. The average Bonchev–Trinajstić information content (AvgIpc) is 3.16. The van der Waals surface area contributed by atoms with Gasteiger partial charge in [-0.1, -0.05) is 29.8 Å². The van der Waals surface area contributed by atoms with Crippen molar-refractivity contribution in [3.05, 3.63) is 74.8 Å². The Morgan fingerprint density at radius 3 is 2.68 bits per heavy atom. The third-order valence-electron chi connectivity index (χ3n) is 3.51. The number of halogens is 1. The monoisotopic (exact) mass is 360 g/mol. The van der Waals surface area contributed by atoms with Crippen molar-refractivity contribution in [2.75, 3.05) is 5.32 Å². The topological polar surface area (TPSA) is 103 Å². The Balaban J connectivity index is 1.75. The summed E-state index contributed by atoms with van der Waals surface area (Å²) in [6.07, 6.45) is 0. The Bertz CT molecular complexity index is 933. The van der Waals surface area contributed by atoms with Gasteiger partial charge in [0.1, 0.15) is 12.3 Å². The lowest BCUT2D eigenvalue weighted by atomic mass is 10.3. The zero-order valence-corrected chi connectivity index (χ0v) is 13.9. The molecule has 0 radical (unpaired) electrons. The molecule has 1 aromatic carbocycles. The first kappa shape index (κ1) is 16.7. The molecular weight excluding hydrogens is 348 g/mol. The van der Waals surface area contributed by atoms with Crippen molar-refractivity contribution in [3.8, 4) is 0 Å². The number of furan rings is 1. The van der Waals surface area contributed by atoms with Crippen LogP contribution >= 0.6 is 11.6 Å². The van der Waals surface area contributed by atoms with Gasteiger partial charge in [0, 0.05) is 5.69 Å². The van der Waals surface area contributed by atoms with E-state index in [1.54, 1.807) is 37.3 Å². The lowest BCUT2D eigenvalue weighted by Gasteiger charge is -2.02. The van der Waals surface area contributed by atoms with Crippen LogP contribution in [0.2, 0.25) is 5.02 Å². The molecule has 0 unspecified atom stereocenters. The van der Waals surface area contributed by atoms with Gasteiger partial charge in [0.25, 0.3) is 5.91 Å². The van der Waals surface area contributed by atoms with Gasteiger partial charge in [0.2, 0.25) is 0 Å². The minimum Gasteiger partial charge on any atom is -0.454 e. The van der Waals surface area contributed by atoms with Crippen molar-refractivity contribution in [2.24, 2.45) is 0 Å². The van der Waals surface area contributed by atoms with Crippen LogP contribution in [0.25, 0.3) is 0 Å². The second-order valence-electron chi connectivity index (χ2n) is 5.22. The number of aromatic nitrogens is 2. The summed E-state index contributed by atoms with van der Waals surface area (Å²) < 4.78 is 6.86. The Hall–Kier alpha value is -3.13. The minimum atomic E-state index is -0.646. The van der Waals surface area contributed by atoms with Crippen molar-refractivity contribution in [3.63, 3.8) is 0 Å². The smallest absolute Gasteiger partial charge is 0.408 e. The standard InChI is InChI=1S/C16H13ClN4O4/c1-10-14(17)15(21(23)24)19-20(10)9-12-7-8-13(25-12)16(22)18-11-5-3-2-4-6-11/h2-8H,9H2,1H3,(H,18,22). The van der Waals surface area contributed by atoms with Gasteiger partial charge < -0.3 is 19.8 Å². The Labute approximate surface area is 147 Å². The van der Waals surface area contributed by atoms with Gasteiger partial charge in [-0.2, -0.15) is 4.68 Å². The maximum absolute atomic E-state index is 12.2. The van der Waals surface area contributed by atoms with Crippen molar-refractivity contribution < 1.29 is 14.1 Å². The van der Waals surface area contributed by atoms with Crippen LogP contribution in [0.1, 0.15) is 22.0 Å². The van der Waals surface area contributed by atoms with Gasteiger partial charge in [0.05, 0.1) is 10.8 Å². The van der Waals surface area contributed by atoms with Crippen molar-refractivity contribution >= 4 is 29.0 Å². The number of nitro groups is 1. The fourth-order valence-corrected chi connectivity index (χ4v) is 2.43. The van der Waals surface area contributed by atoms with E-state index in [4.69, 9.17) is 16.0 Å². The molecule has 3 aromatic rings. The summed E-state index contributed by atoms with van der Waals surface area (Å²) >= 11 is 5.90. The number of nitrogens with zero attached hydrogens (tertiary/aromatic N) is 3. The van der Waals surface area contributed by atoms with Crippen LogP contribution in [0.15, 0.2) is 46.9 Å². The molecule has 0 atom stereocenters. The summed E-state index contributed by atoms with van der Waals surface area (Å²) in [6, 6.07) is 12.1. The molecule has 8 nitrogen and oxygen atoms in total. The van der Waals surface area contributed by atoms with E-state index < -0.39 is 16.6 Å². The van der Waals surface area contributed by atoms with Gasteiger partial charge in [-0.05, 0) is 36.1 Å². The molecule has 2 aromatic heterocycles. The average molecular weight is 361 g/mol. The molecule has 0 saturated heterocycles. The predicted molar refractivity (Wildman–Crippen MR) is 90.8 cm³/mol. The quantitative estimate of drug-likeness (QED) is 0.552. The molecule has 25 heavy (non-hydrogen) atoms. The highest BCUT2D eigenvalue weighted by atomic mass is 35.5. The Kier molecular flexibility index (Phi) is 4.53. The van der Waals surface area contributed by atoms with Gasteiger partial charge in [-0.25, -0.2) is 0 Å². The van der Waals surface area contributed by atoms with E-state index in [0.29, 0.717) is 17.1 Å². The third-order valence-corrected chi connectivity index (χ3v) is 3.95. The largest absolute Gasteiger partial charge is 0.454 e. The molecule has 0 fully saturated rings. The van der Waals surface area contributed by atoms with E-state index in [-0.39, 0.29) is 17.3 Å². The molecule has 128 valence electrons. The lowest BCUT2D eigenvalue weighted by Crippen LogP contribution is -2.10. The molecule has 3 rings (SSSR count). The summed E-state index contributed by atoms with van der Waals surface area (Å²) in [5.74, 6) is -0.244. The number of amides is 1. The molecular formula is C16H13ClN4O4. The van der Waals surface area contributed by atoms with E-state index in [2.05, 4.69) is 10.4 Å². The predicted octanol–water partition coefficient (Wildman–Crippen LogP) is 3.65. The van der Waals surface area contributed by atoms with Crippen LogP contribution in [-0.2, 0) is 6.54 Å². The number of benzene rings is 1. The first-order valence-electron chi connectivity index (χ1n) is 7.28. The summed E-state index contributed by atoms with van der Waals surface area (Å²) in [6.45, 7) is 1.74. The van der Waals surface area contributed by atoms with E-state index in [1.807, 2.05) is 6.07 Å². The van der Waals surface area contributed by atoms with Gasteiger partial charge in [-0.3, -0.25) is 4.79 Å². The molecule has 2 heterocycles. The van der Waals surface area contributed by atoms with Crippen molar-refractivity contribution in [1.82, 2.24) is 9.78 Å². The number of hydrogen-bond donors (Lipinski definition) is 1. The van der Waals surface area contributed by atoms with Crippen LogP contribution in [0.3, 0.4) is 0 Å². The van der Waals surface area contributed by atoms with Gasteiger partial charge >= 0.3 is 5.82 Å². The maximum atomic E-state index is 12.2. The first-order chi connectivity index (χ1) is 12.0. The molecule has 0 bridgehead atoms.